The first-order valence-corrected chi connectivity index (χ1v) is 7.79. The van der Waals surface area contributed by atoms with Crippen LogP contribution < -0.4 is 10.5 Å². The number of nitrogens with zero attached hydrogens (tertiary/aromatic N) is 2. The number of benzene rings is 1. The molecule has 0 amide bonds. The number of aliphatic imine (C=N–C) groups is 1. The maximum atomic E-state index is 6.15. The van der Waals surface area contributed by atoms with Crippen LogP contribution in [0.5, 0.6) is 5.75 Å². The first-order chi connectivity index (χ1) is 10.1. The highest BCUT2D eigenvalue weighted by atomic mass is 127. The number of likely N-dealkylation sites (tertiary alicyclic amines) is 1. The van der Waals surface area contributed by atoms with Gasteiger partial charge in [0.05, 0.1) is 7.11 Å². The van der Waals surface area contributed by atoms with E-state index in [1.54, 1.807) is 7.11 Å². The van der Waals surface area contributed by atoms with Crippen LogP contribution in [0.1, 0.15) is 38.2 Å². The molecule has 124 valence electrons. The third kappa shape index (κ3) is 5.04. The standard InChI is InChI=1S/C17H27N3O.HI/c1-13-7-6-10-20(12-13)17(18)19-11-14(2)15-8-4-5-9-16(15)21-3;/h4-5,8-9,13-14H,6-7,10-12H2,1-3H3,(H2,18,19);1H. The Morgan fingerprint density at radius 2 is 2.18 bits per heavy atom. The van der Waals surface area contributed by atoms with Crippen LogP contribution in [0, 0.1) is 5.92 Å². The van der Waals surface area contributed by atoms with Crippen molar-refractivity contribution in [1.29, 1.82) is 0 Å². The van der Waals surface area contributed by atoms with Gasteiger partial charge >= 0.3 is 0 Å². The van der Waals surface area contributed by atoms with Crippen LogP contribution in [0.2, 0.25) is 0 Å². The highest BCUT2D eigenvalue weighted by molar-refractivity contribution is 14.0. The summed E-state index contributed by atoms with van der Waals surface area (Å²) in [6, 6.07) is 8.11. The van der Waals surface area contributed by atoms with Gasteiger partial charge in [0.1, 0.15) is 5.75 Å². The molecule has 2 atom stereocenters. The number of methoxy groups -OCH3 is 1. The van der Waals surface area contributed by atoms with Gasteiger partial charge < -0.3 is 15.4 Å². The average Bonchev–Trinajstić information content (AvgIpc) is 2.52. The number of hydrogen-bond donors (Lipinski definition) is 1. The molecule has 22 heavy (non-hydrogen) atoms. The average molecular weight is 417 g/mol. The summed E-state index contributed by atoms with van der Waals surface area (Å²) in [6.07, 6.45) is 2.50. The molecule has 1 aliphatic heterocycles. The van der Waals surface area contributed by atoms with Crippen molar-refractivity contribution in [3.63, 3.8) is 0 Å². The zero-order chi connectivity index (χ0) is 15.2. The van der Waals surface area contributed by atoms with E-state index >= 15 is 0 Å². The zero-order valence-electron chi connectivity index (χ0n) is 13.8. The fraction of sp³-hybridized carbons (Fsp3) is 0.588. The molecule has 0 saturated carbocycles. The van der Waals surface area contributed by atoms with E-state index in [-0.39, 0.29) is 24.0 Å². The molecule has 1 aromatic rings. The van der Waals surface area contributed by atoms with E-state index < -0.39 is 0 Å². The number of hydrogen-bond acceptors (Lipinski definition) is 2. The topological polar surface area (TPSA) is 50.9 Å². The molecule has 1 heterocycles. The summed E-state index contributed by atoms with van der Waals surface area (Å²) in [4.78, 5) is 6.81. The number of nitrogens with two attached hydrogens (primary N) is 1. The Morgan fingerprint density at radius 1 is 1.45 bits per heavy atom. The van der Waals surface area contributed by atoms with Gasteiger partial charge in [-0.05, 0) is 30.4 Å². The van der Waals surface area contributed by atoms with Crippen LogP contribution in [-0.2, 0) is 0 Å². The maximum absolute atomic E-state index is 6.15. The number of para-hydroxylation sites is 1. The van der Waals surface area contributed by atoms with E-state index in [9.17, 15) is 0 Å². The summed E-state index contributed by atoms with van der Waals surface area (Å²) in [5, 5.41) is 0. The number of rotatable bonds is 4. The van der Waals surface area contributed by atoms with Crippen molar-refractivity contribution in [3.8, 4) is 5.75 Å². The highest BCUT2D eigenvalue weighted by Gasteiger charge is 2.18. The molecule has 0 spiro atoms. The highest BCUT2D eigenvalue weighted by Crippen LogP contribution is 2.26. The van der Waals surface area contributed by atoms with Gasteiger partial charge in [-0.25, -0.2) is 0 Å². The zero-order valence-corrected chi connectivity index (χ0v) is 16.1. The van der Waals surface area contributed by atoms with Crippen LogP contribution in [0.15, 0.2) is 29.3 Å². The Morgan fingerprint density at radius 3 is 2.86 bits per heavy atom. The van der Waals surface area contributed by atoms with Crippen LogP contribution in [-0.4, -0.2) is 37.6 Å². The molecule has 4 nitrogen and oxygen atoms in total. The lowest BCUT2D eigenvalue weighted by atomic mass is 10.00. The largest absolute Gasteiger partial charge is 0.496 e. The molecule has 1 aliphatic rings. The van der Waals surface area contributed by atoms with Gasteiger partial charge in [0.2, 0.25) is 0 Å². The lowest BCUT2D eigenvalue weighted by Gasteiger charge is -2.31. The number of ether oxygens (including phenoxy) is 1. The van der Waals surface area contributed by atoms with Gasteiger partial charge in [-0.2, -0.15) is 0 Å². The van der Waals surface area contributed by atoms with Crippen molar-refractivity contribution >= 4 is 29.9 Å². The van der Waals surface area contributed by atoms with Crippen molar-refractivity contribution in [1.82, 2.24) is 4.90 Å². The first kappa shape index (κ1) is 19.1. The second-order valence-corrected chi connectivity index (χ2v) is 6.04. The molecule has 0 aromatic heterocycles. The van der Waals surface area contributed by atoms with Gasteiger partial charge in [-0.15, -0.1) is 24.0 Å². The minimum Gasteiger partial charge on any atom is -0.496 e. The molecule has 2 unspecified atom stereocenters. The van der Waals surface area contributed by atoms with Crippen molar-refractivity contribution in [2.24, 2.45) is 16.6 Å². The maximum Gasteiger partial charge on any atom is 0.191 e. The Bertz CT molecular complexity index is 493. The normalized spacial score (nSPS) is 20.2. The SMILES string of the molecule is COc1ccccc1C(C)CN=C(N)N1CCCC(C)C1.I. The van der Waals surface area contributed by atoms with E-state index in [1.165, 1.54) is 18.4 Å². The summed E-state index contributed by atoms with van der Waals surface area (Å²) in [5.74, 6) is 2.61. The summed E-state index contributed by atoms with van der Waals surface area (Å²) in [6.45, 7) is 7.18. The molecule has 1 aromatic carbocycles. The second-order valence-electron chi connectivity index (χ2n) is 6.04. The predicted molar refractivity (Wildman–Crippen MR) is 103 cm³/mol. The lowest BCUT2D eigenvalue weighted by Crippen LogP contribution is -2.43. The van der Waals surface area contributed by atoms with E-state index in [1.807, 2.05) is 18.2 Å². The van der Waals surface area contributed by atoms with Crippen LogP contribution in [0.4, 0.5) is 0 Å². The fourth-order valence-corrected chi connectivity index (χ4v) is 2.90. The predicted octanol–water partition coefficient (Wildman–Crippen LogP) is 3.46. The number of piperidine rings is 1. The van der Waals surface area contributed by atoms with Gasteiger partial charge in [0.25, 0.3) is 0 Å². The quantitative estimate of drug-likeness (QED) is 0.464. The number of guanidine groups is 1. The molecule has 0 bridgehead atoms. The van der Waals surface area contributed by atoms with Crippen molar-refractivity contribution in [2.45, 2.75) is 32.6 Å². The molecule has 2 rings (SSSR count). The Hall–Kier alpha value is -0.980. The first-order valence-electron chi connectivity index (χ1n) is 7.79. The Balaban J connectivity index is 0.00000242. The monoisotopic (exact) mass is 417 g/mol. The van der Waals surface area contributed by atoms with Gasteiger partial charge in [0, 0.05) is 25.6 Å². The van der Waals surface area contributed by atoms with E-state index in [2.05, 4.69) is 29.8 Å². The van der Waals surface area contributed by atoms with Gasteiger partial charge in [-0.3, -0.25) is 4.99 Å². The Labute approximate surface area is 151 Å². The molecule has 2 N–H and O–H groups in total. The van der Waals surface area contributed by atoms with E-state index in [0.29, 0.717) is 24.3 Å². The lowest BCUT2D eigenvalue weighted by molar-refractivity contribution is 0.270. The van der Waals surface area contributed by atoms with Crippen molar-refractivity contribution < 1.29 is 4.74 Å². The summed E-state index contributed by atoms with van der Waals surface area (Å²) in [5.41, 5.74) is 7.34. The minimum atomic E-state index is 0. The summed E-state index contributed by atoms with van der Waals surface area (Å²) >= 11 is 0. The number of halogens is 1. The van der Waals surface area contributed by atoms with Crippen molar-refractivity contribution in [2.75, 3.05) is 26.7 Å². The van der Waals surface area contributed by atoms with Crippen LogP contribution in [0.3, 0.4) is 0 Å². The van der Waals surface area contributed by atoms with E-state index in [4.69, 9.17) is 10.5 Å². The molecule has 1 fully saturated rings. The smallest absolute Gasteiger partial charge is 0.191 e. The summed E-state index contributed by atoms with van der Waals surface area (Å²) < 4.78 is 5.41. The molecular formula is C17H28IN3O. The fourth-order valence-electron chi connectivity index (χ4n) is 2.90. The van der Waals surface area contributed by atoms with Crippen molar-refractivity contribution in [3.05, 3.63) is 29.8 Å². The summed E-state index contributed by atoms with van der Waals surface area (Å²) in [7, 11) is 1.71. The molecule has 5 heteroatoms. The van der Waals surface area contributed by atoms with Gasteiger partial charge in [-0.1, -0.05) is 32.0 Å². The third-order valence-electron chi connectivity index (χ3n) is 4.18. The molecule has 1 saturated heterocycles. The van der Waals surface area contributed by atoms with Gasteiger partial charge in [0.15, 0.2) is 5.96 Å². The molecular weight excluding hydrogens is 389 g/mol. The van der Waals surface area contributed by atoms with Crippen LogP contribution in [0.25, 0.3) is 0 Å². The minimum absolute atomic E-state index is 0. The third-order valence-corrected chi connectivity index (χ3v) is 4.18. The molecule has 0 radical (unpaired) electrons. The second kappa shape index (κ2) is 9.22. The molecule has 0 aliphatic carbocycles. The Kier molecular flexibility index (Phi) is 8.00. The van der Waals surface area contributed by atoms with Crippen LogP contribution >= 0.6 is 24.0 Å². The van der Waals surface area contributed by atoms with E-state index in [0.717, 1.165) is 18.8 Å².